The number of rotatable bonds is 10. The van der Waals surface area contributed by atoms with Crippen LogP contribution >= 0.6 is 0 Å². The first-order chi connectivity index (χ1) is 13.1. The average molecular weight is 381 g/mol. The maximum atomic E-state index is 13.1. The van der Waals surface area contributed by atoms with Crippen molar-refractivity contribution in [3.63, 3.8) is 0 Å². The Morgan fingerprint density at radius 2 is 1.56 bits per heavy atom. The topological polar surface area (TPSA) is 52.6 Å². The first-order valence-electron chi connectivity index (χ1n) is 11.4. The molecule has 2 aliphatic carbocycles. The quantitative estimate of drug-likeness (QED) is 0.354. The van der Waals surface area contributed by atoms with E-state index in [4.69, 9.17) is 9.47 Å². The molecule has 2 unspecified atom stereocenters. The first-order valence-corrected chi connectivity index (χ1v) is 11.4. The Morgan fingerprint density at radius 1 is 0.889 bits per heavy atom. The molecule has 2 aliphatic rings. The predicted molar refractivity (Wildman–Crippen MR) is 107 cm³/mol. The van der Waals surface area contributed by atoms with Gasteiger partial charge in [-0.2, -0.15) is 0 Å². The number of hydrogen-bond acceptors (Lipinski definition) is 4. The van der Waals surface area contributed by atoms with E-state index >= 15 is 0 Å². The third-order valence-corrected chi connectivity index (χ3v) is 6.49. The van der Waals surface area contributed by atoms with Gasteiger partial charge in [0.25, 0.3) is 0 Å². The van der Waals surface area contributed by atoms with Crippen molar-refractivity contribution in [1.82, 2.24) is 0 Å². The van der Waals surface area contributed by atoms with Gasteiger partial charge in [0.1, 0.15) is 0 Å². The number of carbonyl (C=O) groups excluding carboxylic acids is 2. The molecule has 0 radical (unpaired) electrons. The molecule has 0 bridgehead atoms. The molecule has 2 saturated carbocycles. The van der Waals surface area contributed by atoms with E-state index in [2.05, 4.69) is 13.8 Å². The molecule has 27 heavy (non-hydrogen) atoms. The third kappa shape index (κ3) is 6.80. The maximum Gasteiger partial charge on any atom is 0.312 e. The van der Waals surface area contributed by atoms with Gasteiger partial charge in [0.05, 0.1) is 24.5 Å². The fourth-order valence-electron chi connectivity index (χ4n) is 4.86. The van der Waals surface area contributed by atoms with Gasteiger partial charge in [-0.3, -0.25) is 9.59 Å². The van der Waals surface area contributed by atoms with Gasteiger partial charge in [-0.25, -0.2) is 0 Å². The SMILES string of the molecule is CCCCOC(=O)C1CCCC(CC2CCCCC2)(C(=O)OCCCC)C1. The zero-order valence-electron chi connectivity index (χ0n) is 17.6. The van der Waals surface area contributed by atoms with Crippen LogP contribution < -0.4 is 0 Å². The summed E-state index contributed by atoms with van der Waals surface area (Å²) in [5.41, 5.74) is -0.470. The molecule has 0 spiro atoms. The minimum atomic E-state index is -0.470. The van der Waals surface area contributed by atoms with Gasteiger partial charge in [-0.05, 0) is 44.4 Å². The van der Waals surface area contributed by atoms with Gasteiger partial charge in [0.2, 0.25) is 0 Å². The lowest BCUT2D eigenvalue weighted by Crippen LogP contribution is -2.42. The second-order valence-corrected chi connectivity index (χ2v) is 8.79. The number of unbranched alkanes of at least 4 members (excludes halogenated alkanes) is 2. The lowest BCUT2D eigenvalue weighted by molar-refractivity contribution is -0.165. The highest BCUT2D eigenvalue weighted by Crippen LogP contribution is 2.47. The normalized spacial score (nSPS) is 26.5. The van der Waals surface area contributed by atoms with Gasteiger partial charge >= 0.3 is 11.9 Å². The van der Waals surface area contributed by atoms with Crippen LogP contribution in [0.5, 0.6) is 0 Å². The van der Waals surface area contributed by atoms with Gasteiger partial charge in [-0.1, -0.05) is 65.2 Å². The number of esters is 2. The van der Waals surface area contributed by atoms with E-state index < -0.39 is 5.41 Å². The van der Waals surface area contributed by atoms with Crippen molar-refractivity contribution in [3.05, 3.63) is 0 Å². The zero-order valence-corrected chi connectivity index (χ0v) is 17.6. The summed E-state index contributed by atoms with van der Waals surface area (Å²) in [6, 6.07) is 0. The van der Waals surface area contributed by atoms with E-state index in [1.165, 1.54) is 32.1 Å². The molecule has 0 heterocycles. The Kier molecular flexibility index (Phi) is 9.64. The van der Waals surface area contributed by atoms with Crippen LogP contribution in [0.25, 0.3) is 0 Å². The van der Waals surface area contributed by atoms with E-state index in [-0.39, 0.29) is 17.9 Å². The zero-order chi connectivity index (χ0) is 19.5. The summed E-state index contributed by atoms with van der Waals surface area (Å²) >= 11 is 0. The van der Waals surface area contributed by atoms with E-state index in [1.807, 2.05) is 0 Å². The Balaban J connectivity index is 2.04. The molecule has 0 saturated heterocycles. The maximum absolute atomic E-state index is 13.1. The molecule has 0 amide bonds. The number of carbonyl (C=O) groups is 2. The van der Waals surface area contributed by atoms with Crippen molar-refractivity contribution in [3.8, 4) is 0 Å². The molecule has 0 aromatic rings. The molecule has 2 fully saturated rings. The lowest BCUT2D eigenvalue weighted by Gasteiger charge is -2.41. The number of ether oxygens (including phenoxy) is 2. The molecule has 0 aromatic carbocycles. The summed E-state index contributed by atoms with van der Waals surface area (Å²) in [7, 11) is 0. The summed E-state index contributed by atoms with van der Waals surface area (Å²) in [5.74, 6) is 0.315. The van der Waals surface area contributed by atoms with Crippen molar-refractivity contribution in [2.75, 3.05) is 13.2 Å². The second kappa shape index (κ2) is 11.7. The monoisotopic (exact) mass is 380 g/mol. The highest BCUT2D eigenvalue weighted by Gasteiger charge is 2.47. The Labute approximate surface area is 165 Å². The Bertz CT molecular complexity index is 455. The third-order valence-electron chi connectivity index (χ3n) is 6.49. The van der Waals surface area contributed by atoms with Gasteiger partial charge in [0, 0.05) is 0 Å². The molecule has 156 valence electrons. The minimum absolute atomic E-state index is 0.0485. The molecule has 4 nitrogen and oxygen atoms in total. The molecule has 0 aromatic heterocycles. The molecule has 2 atom stereocenters. The van der Waals surface area contributed by atoms with Crippen LogP contribution in [0.1, 0.15) is 104 Å². The van der Waals surface area contributed by atoms with Crippen molar-refractivity contribution in [2.24, 2.45) is 17.3 Å². The average Bonchev–Trinajstić information content (AvgIpc) is 2.69. The van der Waals surface area contributed by atoms with Crippen LogP contribution in [0, 0.1) is 17.3 Å². The minimum Gasteiger partial charge on any atom is -0.465 e. The second-order valence-electron chi connectivity index (χ2n) is 8.79. The summed E-state index contributed by atoms with van der Waals surface area (Å²) in [5, 5.41) is 0. The van der Waals surface area contributed by atoms with E-state index in [0.717, 1.165) is 51.4 Å². The number of hydrogen-bond donors (Lipinski definition) is 0. The molecular formula is C23H40O4. The molecule has 0 N–H and O–H groups in total. The Morgan fingerprint density at radius 3 is 2.22 bits per heavy atom. The van der Waals surface area contributed by atoms with Crippen LogP contribution in [0.3, 0.4) is 0 Å². The Hall–Kier alpha value is -1.06. The van der Waals surface area contributed by atoms with Crippen molar-refractivity contribution in [1.29, 1.82) is 0 Å². The largest absolute Gasteiger partial charge is 0.465 e. The van der Waals surface area contributed by atoms with Crippen molar-refractivity contribution >= 4 is 11.9 Å². The van der Waals surface area contributed by atoms with E-state index in [9.17, 15) is 9.59 Å². The smallest absolute Gasteiger partial charge is 0.312 e. The predicted octanol–water partition coefficient (Wildman–Crippen LogP) is 5.82. The van der Waals surface area contributed by atoms with Gasteiger partial charge in [0.15, 0.2) is 0 Å². The first kappa shape index (κ1) is 22.2. The van der Waals surface area contributed by atoms with Crippen LogP contribution in [0.4, 0.5) is 0 Å². The highest BCUT2D eigenvalue weighted by atomic mass is 16.5. The van der Waals surface area contributed by atoms with Gasteiger partial charge in [-0.15, -0.1) is 0 Å². The summed E-state index contributed by atoms with van der Waals surface area (Å²) in [6.45, 7) is 5.21. The fourth-order valence-corrected chi connectivity index (χ4v) is 4.86. The highest BCUT2D eigenvalue weighted by molar-refractivity contribution is 5.79. The van der Waals surface area contributed by atoms with E-state index in [1.54, 1.807) is 0 Å². The summed E-state index contributed by atoms with van der Waals surface area (Å²) in [4.78, 5) is 25.7. The molecule has 0 aliphatic heterocycles. The van der Waals surface area contributed by atoms with Crippen LogP contribution in [0.2, 0.25) is 0 Å². The van der Waals surface area contributed by atoms with Gasteiger partial charge < -0.3 is 9.47 Å². The van der Waals surface area contributed by atoms with Crippen molar-refractivity contribution in [2.45, 2.75) is 104 Å². The molecular weight excluding hydrogens is 340 g/mol. The van der Waals surface area contributed by atoms with Crippen LogP contribution in [0.15, 0.2) is 0 Å². The standard InChI is InChI=1S/C23H40O4/c1-3-5-15-26-21(24)20-13-10-14-23(18-20,22(25)27-16-6-4-2)17-19-11-8-7-9-12-19/h19-20H,3-18H2,1-2H3. The lowest BCUT2D eigenvalue weighted by atomic mass is 9.64. The molecule has 2 rings (SSSR count). The fraction of sp³-hybridized carbons (Fsp3) is 0.913. The van der Waals surface area contributed by atoms with Crippen LogP contribution in [-0.2, 0) is 19.1 Å². The van der Waals surface area contributed by atoms with E-state index in [0.29, 0.717) is 25.6 Å². The van der Waals surface area contributed by atoms with Crippen molar-refractivity contribution < 1.29 is 19.1 Å². The summed E-state index contributed by atoms with van der Waals surface area (Å²) < 4.78 is 11.2. The summed E-state index contributed by atoms with van der Waals surface area (Å²) in [6.07, 6.45) is 14.3. The molecule has 4 heteroatoms. The van der Waals surface area contributed by atoms with Crippen LogP contribution in [-0.4, -0.2) is 25.2 Å².